The van der Waals surface area contributed by atoms with Gasteiger partial charge >= 0.3 is 6.18 Å². The van der Waals surface area contributed by atoms with E-state index in [-0.39, 0.29) is 11.4 Å². The van der Waals surface area contributed by atoms with E-state index in [4.69, 9.17) is 11.6 Å². The molecule has 0 spiro atoms. The van der Waals surface area contributed by atoms with Crippen LogP contribution in [-0.2, 0) is 6.18 Å². The highest BCUT2D eigenvalue weighted by Gasteiger charge is 2.34. The van der Waals surface area contributed by atoms with E-state index >= 15 is 0 Å². The van der Waals surface area contributed by atoms with E-state index in [1.165, 1.54) is 7.05 Å². The van der Waals surface area contributed by atoms with Crippen LogP contribution in [0.15, 0.2) is 42.5 Å². The molecule has 0 fully saturated rings. The van der Waals surface area contributed by atoms with Crippen LogP contribution in [0.3, 0.4) is 0 Å². The third-order valence-corrected chi connectivity index (χ3v) is 3.41. The number of hydrogen-bond donors (Lipinski definition) is 2. The van der Waals surface area contributed by atoms with Crippen LogP contribution in [0.4, 0.5) is 24.5 Å². The van der Waals surface area contributed by atoms with Gasteiger partial charge in [0.1, 0.15) is 11.3 Å². The number of nitro groups is 1. The van der Waals surface area contributed by atoms with Crippen molar-refractivity contribution >= 4 is 28.8 Å². The van der Waals surface area contributed by atoms with Gasteiger partial charge in [0.05, 0.1) is 17.5 Å². The second-order valence-corrected chi connectivity index (χ2v) is 5.18. The molecule has 0 aliphatic carbocycles. The third-order valence-electron chi connectivity index (χ3n) is 3.15. The van der Waals surface area contributed by atoms with E-state index < -0.39 is 22.4 Å². The lowest BCUT2D eigenvalue weighted by molar-refractivity contribution is -0.420. The van der Waals surface area contributed by atoms with Crippen LogP contribution in [0, 0.1) is 10.1 Å². The maximum atomic E-state index is 12.8. The van der Waals surface area contributed by atoms with Gasteiger partial charge in [-0.15, -0.1) is 0 Å². The van der Waals surface area contributed by atoms with Gasteiger partial charge in [-0.3, -0.25) is 15.1 Å². The molecule has 0 aromatic heterocycles. The summed E-state index contributed by atoms with van der Waals surface area (Å²) in [6, 6.07) is 8.84. The molecule has 2 N–H and O–H groups in total. The summed E-state index contributed by atoms with van der Waals surface area (Å²) in [5.74, 6) is 0.192. The smallest absolute Gasteiger partial charge is 0.276 e. The first kappa shape index (κ1) is 17.7. The Kier molecular flexibility index (Phi) is 5.08. The summed E-state index contributed by atoms with van der Waals surface area (Å²) < 4.78 is 38.3. The van der Waals surface area contributed by atoms with E-state index in [0.717, 1.165) is 12.1 Å². The Morgan fingerprint density at radius 3 is 2.33 bits per heavy atom. The molecule has 0 amide bonds. The third kappa shape index (κ3) is 4.02. The predicted molar refractivity (Wildman–Crippen MR) is 84.2 cm³/mol. The van der Waals surface area contributed by atoms with Crippen molar-refractivity contribution in [2.75, 3.05) is 12.4 Å². The molecular weight excluding hydrogens is 347 g/mol. The standard InChI is InChI=1S/C15H11ClF3N3O2/c1-20-14(21-11-5-3-10(16)4-6-11)12-7-2-9(15(17,18)19)8-13(12)22(23)24/h2-8H,1H3,(H,20,21)/p+1. The molecule has 0 saturated carbocycles. The minimum Gasteiger partial charge on any atom is -0.276 e. The average Bonchev–Trinajstić information content (AvgIpc) is 2.53. The lowest BCUT2D eigenvalue weighted by Gasteiger charge is -2.08. The first-order chi connectivity index (χ1) is 11.2. The number of amidine groups is 1. The van der Waals surface area contributed by atoms with Crippen LogP contribution in [0.25, 0.3) is 0 Å². The molecule has 0 aliphatic rings. The number of alkyl halides is 3. The summed E-state index contributed by atoms with van der Waals surface area (Å²) in [7, 11) is 1.50. The second kappa shape index (κ2) is 6.88. The second-order valence-electron chi connectivity index (χ2n) is 4.74. The number of anilines is 1. The molecule has 0 aliphatic heterocycles. The molecule has 2 aromatic carbocycles. The minimum absolute atomic E-state index is 0.00505. The summed E-state index contributed by atoms with van der Waals surface area (Å²) in [4.78, 5) is 13.0. The fraction of sp³-hybridized carbons (Fsp3) is 0.133. The van der Waals surface area contributed by atoms with Gasteiger partial charge in [-0.1, -0.05) is 11.6 Å². The quantitative estimate of drug-likeness (QED) is 0.384. The Labute approximate surface area is 139 Å². The molecule has 0 heterocycles. The van der Waals surface area contributed by atoms with Gasteiger partial charge in [0, 0.05) is 11.1 Å². The average molecular weight is 359 g/mol. The predicted octanol–water partition coefficient (Wildman–Crippen LogP) is 2.84. The lowest BCUT2D eigenvalue weighted by Crippen LogP contribution is -2.70. The van der Waals surface area contributed by atoms with Crippen LogP contribution in [0.2, 0.25) is 5.02 Å². The van der Waals surface area contributed by atoms with Gasteiger partial charge in [-0.25, -0.2) is 5.32 Å². The van der Waals surface area contributed by atoms with Gasteiger partial charge in [-0.2, -0.15) is 13.2 Å². The Hall–Kier alpha value is -2.61. The molecule has 0 atom stereocenters. The SMILES string of the molecule is C[NH+]=C(Nc1ccc(Cl)cc1)c1ccc(C(F)(F)F)cc1[N+](=O)[O-]. The topological polar surface area (TPSA) is 69.1 Å². The van der Waals surface area contributed by atoms with Crippen molar-refractivity contribution in [2.24, 2.45) is 0 Å². The highest BCUT2D eigenvalue weighted by atomic mass is 35.5. The zero-order valence-electron chi connectivity index (χ0n) is 12.3. The van der Waals surface area contributed by atoms with Crippen LogP contribution >= 0.6 is 11.6 Å². The fourth-order valence-electron chi connectivity index (χ4n) is 2.01. The largest absolute Gasteiger partial charge is 0.416 e. The van der Waals surface area contributed by atoms with E-state index in [1.807, 2.05) is 0 Å². The van der Waals surface area contributed by atoms with Gasteiger partial charge < -0.3 is 0 Å². The number of hydrogen-bond acceptors (Lipinski definition) is 2. The minimum atomic E-state index is -4.66. The summed E-state index contributed by atoms with van der Waals surface area (Å²) in [6.07, 6.45) is -4.66. The molecule has 2 aromatic rings. The van der Waals surface area contributed by atoms with Crippen LogP contribution in [0.5, 0.6) is 0 Å². The zero-order valence-corrected chi connectivity index (χ0v) is 13.1. The van der Waals surface area contributed by atoms with E-state index in [9.17, 15) is 23.3 Å². The number of rotatable bonds is 3. The normalized spacial score (nSPS) is 12.1. The Bertz CT molecular complexity index is 790. The van der Waals surface area contributed by atoms with E-state index in [1.54, 1.807) is 24.3 Å². The molecule has 0 saturated heterocycles. The number of nitrogens with one attached hydrogen (secondary N) is 2. The molecule has 2 rings (SSSR count). The molecule has 9 heteroatoms. The summed E-state index contributed by atoms with van der Waals surface area (Å²) >= 11 is 5.78. The molecule has 126 valence electrons. The molecule has 5 nitrogen and oxygen atoms in total. The van der Waals surface area contributed by atoms with Crippen LogP contribution < -0.4 is 10.3 Å². The van der Waals surface area contributed by atoms with Crippen molar-refractivity contribution in [1.82, 2.24) is 0 Å². The summed E-state index contributed by atoms with van der Waals surface area (Å²) in [6.45, 7) is 0. The van der Waals surface area contributed by atoms with Crippen molar-refractivity contribution in [3.63, 3.8) is 0 Å². The number of halogens is 4. The van der Waals surface area contributed by atoms with Crippen molar-refractivity contribution in [2.45, 2.75) is 6.18 Å². The number of benzene rings is 2. The highest BCUT2D eigenvalue weighted by molar-refractivity contribution is 6.30. The van der Waals surface area contributed by atoms with Crippen LogP contribution in [0.1, 0.15) is 11.1 Å². The highest BCUT2D eigenvalue weighted by Crippen LogP contribution is 2.33. The maximum absolute atomic E-state index is 12.8. The maximum Gasteiger partial charge on any atom is 0.416 e. The van der Waals surface area contributed by atoms with Crippen molar-refractivity contribution in [3.8, 4) is 0 Å². The van der Waals surface area contributed by atoms with E-state index in [2.05, 4.69) is 10.3 Å². The van der Waals surface area contributed by atoms with Crippen molar-refractivity contribution in [3.05, 3.63) is 68.7 Å². The van der Waals surface area contributed by atoms with E-state index in [0.29, 0.717) is 16.8 Å². The summed E-state index contributed by atoms with van der Waals surface area (Å²) in [5, 5.41) is 14.6. The molecule has 0 radical (unpaired) electrons. The molecule has 24 heavy (non-hydrogen) atoms. The van der Waals surface area contributed by atoms with Gasteiger partial charge in [0.25, 0.3) is 11.5 Å². The Morgan fingerprint density at radius 1 is 1.21 bits per heavy atom. The molecule has 0 unspecified atom stereocenters. The van der Waals surface area contributed by atoms with Crippen LogP contribution in [-0.4, -0.2) is 17.8 Å². The fourth-order valence-corrected chi connectivity index (χ4v) is 2.14. The van der Waals surface area contributed by atoms with Crippen molar-refractivity contribution < 1.29 is 23.1 Å². The summed E-state index contributed by atoms with van der Waals surface area (Å²) in [5.41, 5.74) is -1.17. The Morgan fingerprint density at radius 2 is 1.83 bits per heavy atom. The lowest BCUT2D eigenvalue weighted by atomic mass is 10.1. The van der Waals surface area contributed by atoms with Crippen molar-refractivity contribution in [1.29, 1.82) is 0 Å². The Balaban J connectivity index is 2.44. The van der Waals surface area contributed by atoms with Gasteiger partial charge in [0.2, 0.25) is 0 Å². The van der Waals surface area contributed by atoms with Gasteiger partial charge in [-0.05, 0) is 36.4 Å². The monoisotopic (exact) mass is 358 g/mol. The number of nitrogens with zero attached hydrogens (tertiary/aromatic N) is 1. The molecular formula is C15H12ClF3N3O2+. The number of nitro benzene ring substituents is 1. The van der Waals surface area contributed by atoms with Gasteiger partial charge in [0.15, 0.2) is 0 Å². The molecule has 0 bridgehead atoms. The first-order valence-corrected chi connectivity index (χ1v) is 7.03. The zero-order chi connectivity index (χ0) is 17.9. The first-order valence-electron chi connectivity index (χ1n) is 6.65.